The molecule has 41 heavy (non-hydrogen) atoms. The van der Waals surface area contributed by atoms with Crippen molar-refractivity contribution in [2.45, 2.75) is 4.87 Å². The van der Waals surface area contributed by atoms with Crippen LogP contribution in [0.15, 0.2) is 173 Å². The Labute approximate surface area is 248 Å². The summed E-state index contributed by atoms with van der Waals surface area (Å²) in [6.45, 7) is 0. The molecule has 5 aromatic carbocycles. The quantitative estimate of drug-likeness (QED) is 0.205. The van der Waals surface area contributed by atoms with Crippen molar-refractivity contribution in [2.24, 2.45) is 10.2 Å². The van der Waals surface area contributed by atoms with Gasteiger partial charge in [0.15, 0.2) is 4.87 Å². The van der Waals surface area contributed by atoms with Crippen molar-refractivity contribution in [1.29, 1.82) is 0 Å². The van der Waals surface area contributed by atoms with Gasteiger partial charge in [-0.15, -0.1) is 0 Å². The minimum Gasteiger partial charge on any atom is -0.239 e. The van der Waals surface area contributed by atoms with E-state index in [2.05, 4.69) is 143 Å². The average Bonchev–Trinajstić information content (AvgIpc) is 3.66. The Morgan fingerprint density at radius 2 is 1.00 bits per heavy atom. The van der Waals surface area contributed by atoms with Crippen LogP contribution < -0.4 is 10.0 Å². The first-order valence-corrected chi connectivity index (χ1v) is 15.1. The maximum absolute atomic E-state index is 5.28. The van der Waals surface area contributed by atoms with E-state index < -0.39 is 4.87 Å². The van der Waals surface area contributed by atoms with Gasteiger partial charge in [0.1, 0.15) is 15.1 Å². The fraction of sp³-hybridized carbons (Fsp3) is 0.0286. The van der Waals surface area contributed by atoms with Crippen molar-refractivity contribution in [3.8, 4) is 0 Å². The fourth-order valence-corrected chi connectivity index (χ4v) is 7.38. The summed E-state index contributed by atoms with van der Waals surface area (Å²) >= 11 is 3.44. The minimum absolute atomic E-state index is 0.662. The Hall–Kier alpha value is -4.52. The fourth-order valence-electron chi connectivity index (χ4n) is 4.94. The molecule has 0 unspecified atom stereocenters. The standard InChI is InChI=1S/C35H26N4S2/c1-6-16-27(17-7-1)33-36-38(30-22-12-4-13-23-30)32(40-33)26-35(29-20-10-3-11-21-29)39(31-24-14-5-15-25-31)37-34(41-35)28-18-8-2-9-19-28/h1-26H/b32-26-/t35-/m1/s1. The monoisotopic (exact) mass is 566 g/mol. The van der Waals surface area contributed by atoms with E-state index in [0.717, 1.165) is 43.2 Å². The van der Waals surface area contributed by atoms with Gasteiger partial charge in [0.2, 0.25) is 0 Å². The van der Waals surface area contributed by atoms with Gasteiger partial charge in [-0.05, 0) is 47.7 Å². The molecule has 1 atom stereocenters. The molecule has 0 spiro atoms. The van der Waals surface area contributed by atoms with Crippen LogP contribution in [-0.4, -0.2) is 10.1 Å². The van der Waals surface area contributed by atoms with E-state index in [1.807, 2.05) is 24.3 Å². The SMILES string of the molecule is C(=C1/SC(c2ccccc2)=NN1c1ccccc1)/[C@]1(c2ccccc2)SC(c2ccccc2)=NN1c1ccccc1. The zero-order valence-corrected chi connectivity index (χ0v) is 23.7. The largest absolute Gasteiger partial charge is 0.239 e. The minimum atomic E-state index is -0.662. The number of hydrogen-bond acceptors (Lipinski definition) is 6. The number of benzene rings is 5. The molecular weight excluding hydrogens is 541 g/mol. The molecule has 0 aromatic heterocycles. The zero-order valence-electron chi connectivity index (χ0n) is 22.1. The summed E-state index contributed by atoms with van der Waals surface area (Å²) in [5, 5.41) is 17.6. The second-order valence-corrected chi connectivity index (χ2v) is 11.8. The maximum atomic E-state index is 5.28. The van der Waals surface area contributed by atoms with Crippen molar-refractivity contribution >= 4 is 45.0 Å². The molecule has 0 fully saturated rings. The number of para-hydroxylation sites is 2. The van der Waals surface area contributed by atoms with Gasteiger partial charge in [0.25, 0.3) is 0 Å². The number of hydrogen-bond donors (Lipinski definition) is 0. The van der Waals surface area contributed by atoms with Gasteiger partial charge in [0.05, 0.1) is 11.4 Å². The van der Waals surface area contributed by atoms with E-state index >= 15 is 0 Å². The lowest BCUT2D eigenvalue weighted by molar-refractivity contribution is 0.713. The number of nitrogens with zero attached hydrogens (tertiary/aromatic N) is 4. The summed E-state index contributed by atoms with van der Waals surface area (Å²) in [7, 11) is 0. The summed E-state index contributed by atoms with van der Waals surface area (Å²) in [5.41, 5.74) is 5.35. The Morgan fingerprint density at radius 1 is 0.512 bits per heavy atom. The molecule has 2 aliphatic heterocycles. The Bertz CT molecular complexity index is 1720. The number of rotatable bonds is 6. The van der Waals surface area contributed by atoms with E-state index in [1.165, 1.54) is 0 Å². The Kier molecular flexibility index (Phi) is 6.93. The van der Waals surface area contributed by atoms with Crippen LogP contribution >= 0.6 is 23.5 Å². The topological polar surface area (TPSA) is 31.2 Å². The summed E-state index contributed by atoms with van der Waals surface area (Å²) in [6, 6.07) is 52.2. The molecule has 7 rings (SSSR count). The molecule has 0 bridgehead atoms. The highest BCUT2D eigenvalue weighted by molar-refractivity contribution is 8.18. The molecule has 0 aliphatic carbocycles. The van der Waals surface area contributed by atoms with E-state index in [4.69, 9.17) is 10.2 Å². The molecule has 2 aliphatic rings. The molecular formula is C35H26N4S2. The smallest absolute Gasteiger partial charge is 0.160 e. The first-order chi connectivity index (χ1) is 20.3. The van der Waals surface area contributed by atoms with Crippen LogP contribution in [0.5, 0.6) is 0 Å². The third-order valence-electron chi connectivity index (χ3n) is 6.91. The highest BCUT2D eigenvalue weighted by Gasteiger charge is 2.46. The predicted molar refractivity (Wildman–Crippen MR) is 175 cm³/mol. The molecule has 0 saturated heterocycles. The van der Waals surface area contributed by atoms with Crippen molar-refractivity contribution in [1.82, 2.24) is 0 Å². The molecule has 4 nitrogen and oxygen atoms in total. The van der Waals surface area contributed by atoms with Crippen molar-refractivity contribution < 1.29 is 0 Å². The molecule has 0 amide bonds. The average molecular weight is 567 g/mol. The predicted octanol–water partition coefficient (Wildman–Crippen LogP) is 8.91. The summed E-state index contributed by atoms with van der Waals surface area (Å²) in [6.07, 6.45) is 2.33. The van der Waals surface area contributed by atoms with E-state index in [9.17, 15) is 0 Å². The molecule has 0 saturated carbocycles. The third kappa shape index (κ3) is 4.97. The number of hydrazone groups is 2. The number of thioether (sulfide) groups is 2. The summed E-state index contributed by atoms with van der Waals surface area (Å²) < 4.78 is 0. The lowest BCUT2D eigenvalue weighted by Crippen LogP contribution is -2.36. The van der Waals surface area contributed by atoms with Gasteiger partial charge in [0, 0.05) is 11.1 Å². The summed E-state index contributed by atoms with van der Waals surface area (Å²) in [4.78, 5) is -0.662. The van der Waals surface area contributed by atoms with Gasteiger partial charge >= 0.3 is 0 Å². The van der Waals surface area contributed by atoms with Gasteiger partial charge in [-0.25, -0.2) is 10.0 Å². The van der Waals surface area contributed by atoms with E-state index in [-0.39, 0.29) is 0 Å². The normalized spacial score (nSPS) is 19.4. The van der Waals surface area contributed by atoms with E-state index in [1.54, 1.807) is 23.5 Å². The molecule has 198 valence electrons. The molecule has 0 radical (unpaired) electrons. The zero-order chi connectivity index (χ0) is 27.5. The second-order valence-electron chi connectivity index (χ2n) is 9.59. The highest BCUT2D eigenvalue weighted by atomic mass is 32.2. The van der Waals surface area contributed by atoms with Gasteiger partial charge < -0.3 is 0 Å². The highest BCUT2D eigenvalue weighted by Crippen LogP contribution is 2.52. The lowest BCUT2D eigenvalue weighted by Gasteiger charge is -2.35. The van der Waals surface area contributed by atoms with Gasteiger partial charge in [-0.2, -0.15) is 10.2 Å². The van der Waals surface area contributed by atoms with E-state index in [0.29, 0.717) is 0 Å². The maximum Gasteiger partial charge on any atom is 0.160 e. The molecule has 2 heterocycles. The molecule has 5 aromatic rings. The summed E-state index contributed by atoms with van der Waals surface area (Å²) in [5.74, 6) is 0. The van der Waals surface area contributed by atoms with Crippen molar-refractivity contribution in [3.63, 3.8) is 0 Å². The third-order valence-corrected chi connectivity index (χ3v) is 9.27. The second kappa shape index (κ2) is 11.2. The van der Waals surface area contributed by atoms with Gasteiger partial charge in [-0.1, -0.05) is 139 Å². The Morgan fingerprint density at radius 3 is 1.59 bits per heavy atom. The number of anilines is 2. The van der Waals surface area contributed by atoms with Crippen molar-refractivity contribution in [3.05, 3.63) is 179 Å². The van der Waals surface area contributed by atoms with Crippen LogP contribution in [0.3, 0.4) is 0 Å². The van der Waals surface area contributed by atoms with Crippen LogP contribution in [0, 0.1) is 0 Å². The van der Waals surface area contributed by atoms with Crippen molar-refractivity contribution in [2.75, 3.05) is 10.0 Å². The molecule has 6 heteroatoms. The van der Waals surface area contributed by atoms with Crippen LogP contribution in [0.4, 0.5) is 11.4 Å². The van der Waals surface area contributed by atoms with Crippen LogP contribution in [0.2, 0.25) is 0 Å². The molecule has 0 N–H and O–H groups in total. The first-order valence-electron chi connectivity index (χ1n) is 13.4. The van der Waals surface area contributed by atoms with Crippen LogP contribution in [0.25, 0.3) is 0 Å². The lowest BCUT2D eigenvalue weighted by atomic mass is 10.0. The van der Waals surface area contributed by atoms with Crippen LogP contribution in [0.1, 0.15) is 16.7 Å². The first kappa shape index (κ1) is 25.4. The Balaban J connectivity index is 1.42. The van der Waals surface area contributed by atoms with Crippen LogP contribution in [-0.2, 0) is 4.87 Å². The van der Waals surface area contributed by atoms with Gasteiger partial charge in [-0.3, -0.25) is 0 Å².